The smallest absolute Gasteiger partial charge is 0.266 e. The summed E-state index contributed by atoms with van der Waals surface area (Å²) < 4.78 is 39.2. The zero-order valence-corrected chi connectivity index (χ0v) is 27.3. The maximum absolute atomic E-state index is 14.4. The van der Waals surface area contributed by atoms with E-state index in [-0.39, 0.29) is 36.1 Å². The van der Waals surface area contributed by atoms with Crippen LogP contribution in [0.1, 0.15) is 35.6 Å². The van der Waals surface area contributed by atoms with Gasteiger partial charge in [-0.15, -0.1) is 0 Å². The number of nitrogens with zero attached hydrogens (tertiary/aromatic N) is 4. The van der Waals surface area contributed by atoms with Crippen LogP contribution in [0.25, 0.3) is 10.4 Å². The molecular formula is C34H33ClN6O6S. The molecule has 0 unspecified atom stereocenters. The lowest BCUT2D eigenvalue weighted by Crippen LogP contribution is -2.53. The quantitative estimate of drug-likeness (QED) is 0.0452. The third kappa shape index (κ3) is 8.14. The lowest BCUT2D eigenvalue weighted by molar-refractivity contribution is -0.130. The Kier molecular flexibility index (Phi) is 11.3. The van der Waals surface area contributed by atoms with Gasteiger partial charge in [0.25, 0.3) is 5.91 Å². The Bertz CT molecular complexity index is 1920. The van der Waals surface area contributed by atoms with Crippen LogP contribution in [0.5, 0.6) is 5.75 Å². The molecule has 14 heteroatoms. The first kappa shape index (κ1) is 34.4. The van der Waals surface area contributed by atoms with E-state index in [0.29, 0.717) is 34.9 Å². The molecule has 1 aliphatic heterocycles. The van der Waals surface area contributed by atoms with Crippen molar-refractivity contribution < 1.29 is 27.8 Å². The average molecular weight is 689 g/mol. The highest BCUT2D eigenvalue weighted by Gasteiger charge is 2.54. The number of nitrogens with one attached hydrogen (secondary N) is 2. The number of azide groups is 1. The van der Waals surface area contributed by atoms with Gasteiger partial charge in [-0.1, -0.05) is 71.3 Å². The van der Waals surface area contributed by atoms with Crippen LogP contribution in [0.4, 0.5) is 5.69 Å². The molecule has 48 heavy (non-hydrogen) atoms. The average Bonchev–Trinajstić information content (AvgIpc) is 3.49. The number of rotatable bonds is 15. The summed E-state index contributed by atoms with van der Waals surface area (Å²) in [6.07, 6.45) is -0.997. The number of halogens is 1. The second kappa shape index (κ2) is 15.8. The number of hydrogen-bond acceptors (Lipinski definition) is 9. The monoisotopic (exact) mass is 688 g/mol. The first-order valence-electron chi connectivity index (χ1n) is 15.1. The Balaban J connectivity index is 1.56. The number of aliphatic imine (C=N–C) groups is 1. The van der Waals surface area contributed by atoms with E-state index in [0.717, 1.165) is 5.56 Å². The molecule has 0 spiro atoms. The number of carbonyl (C=O) groups is 1. The summed E-state index contributed by atoms with van der Waals surface area (Å²) in [5.74, 6) is -0.470. The summed E-state index contributed by atoms with van der Waals surface area (Å²) >= 11 is 6.13. The number of hydrogen-bond donors (Lipinski definition) is 3. The summed E-state index contributed by atoms with van der Waals surface area (Å²) in [5, 5.41) is 13.4. The number of benzene rings is 4. The number of hydrazine groups is 1. The van der Waals surface area contributed by atoms with E-state index in [2.05, 4.69) is 20.9 Å². The van der Waals surface area contributed by atoms with Gasteiger partial charge >= 0.3 is 0 Å². The summed E-state index contributed by atoms with van der Waals surface area (Å²) in [4.78, 5) is 22.3. The van der Waals surface area contributed by atoms with Crippen LogP contribution in [0.2, 0.25) is 5.02 Å². The lowest BCUT2D eigenvalue weighted by atomic mass is 9.84. The first-order chi connectivity index (χ1) is 23.3. The zero-order chi connectivity index (χ0) is 34.0. The van der Waals surface area contributed by atoms with E-state index in [1.54, 1.807) is 84.9 Å². The molecule has 2 atom stereocenters. The third-order valence-electron chi connectivity index (χ3n) is 7.64. The van der Waals surface area contributed by atoms with Gasteiger partial charge in [0.05, 0.1) is 17.3 Å². The number of carbonyl (C=O) groups excluding carboxylic acids is 1. The van der Waals surface area contributed by atoms with Crippen LogP contribution in [0, 0.1) is 0 Å². The van der Waals surface area contributed by atoms with Crippen LogP contribution < -0.4 is 15.6 Å². The largest absolute Gasteiger partial charge is 0.494 e. The van der Waals surface area contributed by atoms with Gasteiger partial charge in [0, 0.05) is 52.7 Å². The Morgan fingerprint density at radius 3 is 2.52 bits per heavy atom. The number of sulfone groups is 1. The highest BCUT2D eigenvalue weighted by molar-refractivity contribution is 7.91. The number of ether oxygens (including phenoxy) is 2. The molecule has 3 N–H and O–H groups in total. The Labute approximate surface area is 282 Å². The van der Waals surface area contributed by atoms with Gasteiger partial charge in [0.2, 0.25) is 5.90 Å². The van der Waals surface area contributed by atoms with E-state index >= 15 is 0 Å². The molecule has 1 amide bonds. The Morgan fingerprint density at radius 2 is 1.79 bits per heavy atom. The minimum atomic E-state index is -3.87. The summed E-state index contributed by atoms with van der Waals surface area (Å²) in [6, 6.07) is 28.5. The molecule has 0 bridgehead atoms. The predicted octanol–water partition coefficient (Wildman–Crippen LogP) is 5.98. The van der Waals surface area contributed by atoms with E-state index in [1.165, 1.54) is 12.1 Å². The maximum Gasteiger partial charge on any atom is 0.266 e. The highest BCUT2D eigenvalue weighted by atomic mass is 35.5. The minimum Gasteiger partial charge on any atom is -0.494 e. The van der Waals surface area contributed by atoms with Crippen molar-refractivity contribution in [1.82, 2.24) is 10.9 Å². The van der Waals surface area contributed by atoms with Crippen molar-refractivity contribution in [1.29, 1.82) is 0 Å². The molecule has 4 aromatic rings. The van der Waals surface area contributed by atoms with Crippen molar-refractivity contribution >= 4 is 38.9 Å². The second-order valence-corrected chi connectivity index (χ2v) is 13.4. The fourth-order valence-electron chi connectivity index (χ4n) is 5.21. The SMILES string of the molecule is [N-]=[N+]=Nc1ccccc1[C@@H]1OC(c2ccc(OCCCO)cc2)=N[C@]1(CCS(=O)(=O)c1ccccc1)C(=O)NNCc1cccc(Cl)c1. The topological polar surface area (TPSA) is 175 Å². The van der Waals surface area contributed by atoms with Crippen LogP contribution in [0.3, 0.4) is 0 Å². The van der Waals surface area contributed by atoms with E-state index in [1.807, 2.05) is 6.07 Å². The van der Waals surface area contributed by atoms with Crippen molar-refractivity contribution in [3.63, 3.8) is 0 Å². The fourth-order valence-corrected chi connectivity index (χ4v) is 6.81. The molecule has 0 aliphatic carbocycles. The van der Waals surface area contributed by atoms with Crippen molar-refractivity contribution in [3.05, 3.63) is 135 Å². The highest BCUT2D eigenvalue weighted by Crippen LogP contribution is 2.45. The van der Waals surface area contributed by atoms with E-state index in [9.17, 15) is 18.7 Å². The molecule has 0 aromatic heterocycles. The van der Waals surface area contributed by atoms with Gasteiger partial charge in [-0.05, 0) is 59.6 Å². The molecule has 0 fully saturated rings. The van der Waals surface area contributed by atoms with E-state index < -0.39 is 33.1 Å². The predicted molar refractivity (Wildman–Crippen MR) is 182 cm³/mol. The van der Waals surface area contributed by atoms with Gasteiger partial charge in [0.1, 0.15) is 5.75 Å². The van der Waals surface area contributed by atoms with Gasteiger partial charge in [-0.2, -0.15) is 0 Å². The molecule has 1 heterocycles. The summed E-state index contributed by atoms with van der Waals surface area (Å²) in [6.45, 7) is 0.534. The van der Waals surface area contributed by atoms with E-state index in [4.69, 9.17) is 31.2 Å². The van der Waals surface area contributed by atoms with Crippen LogP contribution in [0.15, 0.2) is 118 Å². The van der Waals surface area contributed by atoms with Crippen molar-refractivity contribution in [2.24, 2.45) is 10.1 Å². The molecule has 0 saturated carbocycles. The van der Waals surface area contributed by atoms with Crippen molar-refractivity contribution in [2.45, 2.75) is 35.9 Å². The normalized spacial score (nSPS) is 17.1. The fraction of sp³-hybridized carbons (Fsp3) is 0.235. The van der Waals surface area contributed by atoms with Gasteiger partial charge in [-0.25, -0.2) is 18.8 Å². The number of amides is 1. The molecular weight excluding hydrogens is 656 g/mol. The summed E-state index contributed by atoms with van der Waals surface area (Å²) in [5.41, 5.74) is 15.0. The third-order valence-corrected chi connectivity index (χ3v) is 9.61. The van der Waals surface area contributed by atoms with Gasteiger partial charge in [-0.3, -0.25) is 10.2 Å². The number of aliphatic hydroxyl groups is 1. The molecule has 248 valence electrons. The molecule has 12 nitrogen and oxygen atoms in total. The molecule has 4 aromatic carbocycles. The number of aliphatic hydroxyl groups excluding tert-OH is 1. The molecule has 5 rings (SSSR count). The van der Waals surface area contributed by atoms with Crippen LogP contribution in [-0.4, -0.2) is 49.8 Å². The Morgan fingerprint density at radius 1 is 1.04 bits per heavy atom. The molecule has 0 saturated heterocycles. The zero-order valence-electron chi connectivity index (χ0n) is 25.7. The standard InChI is InChI=1S/C34H33ClN6O6S/c35-26-9-6-8-24(22-26)23-37-40-33(43)34(18-21-48(44,45)28-10-2-1-3-11-28)31(29-12-4-5-13-30(29)39-41-36)47-32(38-34)25-14-16-27(17-15-25)46-20-7-19-42/h1-6,8-17,22,31,37,42H,7,18-21,23H2,(H,40,43)/t31-,34-/m0/s1. The van der Waals surface area contributed by atoms with Crippen molar-refractivity contribution in [2.75, 3.05) is 19.0 Å². The second-order valence-electron chi connectivity index (χ2n) is 10.9. The van der Waals surface area contributed by atoms with Gasteiger partial charge < -0.3 is 14.6 Å². The van der Waals surface area contributed by atoms with Crippen LogP contribution in [-0.2, 0) is 25.9 Å². The van der Waals surface area contributed by atoms with Crippen LogP contribution >= 0.6 is 11.6 Å². The Hall–Kier alpha value is -4.91. The van der Waals surface area contributed by atoms with Crippen molar-refractivity contribution in [3.8, 4) is 5.75 Å². The summed E-state index contributed by atoms with van der Waals surface area (Å²) in [7, 11) is -3.87. The molecule has 1 aliphatic rings. The van der Waals surface area contributed by atoms with Gasteiger partial charge in [0.15, 0.2) is 21.5 Å². The first-order valence-corrected chi connectivity index (χ1v) is 17.1. The molecule has 0 radical (unpaired) electrons. The maximum atomic E-state index is 14.4. The lowest BCUT2D eigenvalue weighted by Gasteiger charge is -2.31. The minimum absolute atomic E-state index is 0.000466.